The SMILES string of the molecule is Cc1nnc2sc(C(=O)N3CCNC(CO)C3)c(N)c2c1C. The number of nitrogens with zero attached hydrogens (tertiary/aromatic N) is 3. The highest BCUT2D eigenvalue weighted by Gasteiger charge is 2.27. The third-order valence-electron chi connectivity index (χ3n) is 4.09. The number of hydrogen-bond acceptors (Lipinski definition) is 7. The van der Waals surface area contributed by atoms with Crippen molar-refractivity contribution in [3.8, 4) is 0 Å². The van der Waals surface area contributed by atoms with Gasteiger partial charge in [0.2, 0.25) is 0 Å². The van der Waals surface area contributed by atoms with Crippen LogP contribution in [-0.4, -0.2) is 58.4 Å². The van der Waals surface area contributed by atoms with Crippen LogP contribution in [-0.2, 0) is 0 Å². The molecule has 3 rings (SSSR count). The van der Waals surface area contributed by atoms with Crippen LogP contribution in [0.5, 0.6) is 0 Å². The van der Waals surface area contributed by atoms with E-state index in [0.29, 0.717) is 35.0 Å². The van der Waals surface area contributed by atoms with Crippen molar-refractivity contribution in [3.05, 3.63) is 16.1 Å². The summed E-state index contributed by atoms with van der Waals surface area (Å²) in [5.74, 6) is -0.0995. The van der Waals surface area contributed by atoms with E-state index in [1.54, 1.807) is 4.90 Å². The van der Waals surface area contributed by atoms with Gasteiger partial charge in [-0.25, -0.2) is 0 Å². The Morgan fingerprint density at radius 3 is 3.00 bits per heavy atom. The van der Waals surface area contributed by atoms with Gasteiger partial charge in [0.1, 0.15) is 9.71 Å². The number of hydrogen-bond donors (Lipinski definition) is 3. The van der Waals surface area contributed by atoms with E-state index in [2.05, 4.69) is 15.5 Å². The maximum absolute atomic E-state index is 12.7. The first kappa shape index (κ1) is 15.1. The summed E-state index contributed by atoms with van der Waals surface area (Å²) < 4.78 is 0. The monoisotopic (exact) mass is 321 g/mol. The van der Waals surface area contributed by atoms with E-state index in [1.807, 2.05) is 13.8 Å². The molecule has 1 atom stereocenters. The molecular formula is C14H19N5O2S. The predicted octanol–water partition coefficient (Wildman–Crippen LogP) is 0.297. The number of nitrogens with two attached hydrogens (primary N) is 1. The van der Waals surface area contributed by atoms with Crippen molar-refractivity contribution in [2.24, 2.45) is 0 Å². The molecule has 3 heterocycles. The molecule has 1 aliphatic heterocycles. The average Bonchev–Trinajstić information content (AvgIpc) is 2.88. The summed E-state index contributed by atoms with van der Waals surface area (Å²) >= 11 is 1.28. The van der Waals surface area contributed by atoms with Crippen molar-refractivity contribution in [2.75, 3.05) is 32.0 Å². The number of amides is 1. The number of carbonyl (C=O) groups excluding carboxylic acids is 1. The number of piperazine rings is 1. The number of aliphatic hydroxyl groups excluding tert-OH is 1. The van der Waals surface area contributed by atoms with Gasteiger partial charge in [0.15, 0.2) is 0 Å². The van der Waals surface area contributed by atoms with Gasteiger partial charge >= 0.3 is 0 Å². The fourth-order valence-corrected chi connectivity index (χ4v) is 3.74. The van der Waals surface area contributed by atoms with Gasteiger partial charge in [-0.3, -0.25) is 4.79 Å². The van der Waals surface area contributed by atoms with Crippen LogP contribution in [0.25, 0.3) is 10.2 Å². The normalized spacial score (nSPS) is 18.9. The third kappa shape index (κ3) is 2.43. The molecule has 2 aromatic heterocycles. The maximum atomic E-state index is 12.7. The van der Waals surface area contributed by atoms with E-state index < -0.39 is 0 Å². The second-order valence-electron chi connectivity index (χ2n) is 5.52. The van der Waals surface area contributed by atoms with Gasteiger partial charge in [-0.1, -0.05) is 0 Å². The summed E-state index contributed by atoms with van der Waals surface area (Å²) in [5, 5.41) is 21.5. The van der Waals surface area contributed by atoms with Crippen molar-refractivity contribution >= 4 is 33.1 Å². The van der Waals surface area contributed by atoms with Crippen LogP contribution in [0.3, 0.4) is 0 Å². The molecule has 1 fully saturated rings. The van der Waals surface area contributed by atoms with Gasteiger partial charge in [0, 0.05) is 31.1 Å². The van der Waals surface area contributed by atoms with E-state index in [0.717, 1.165) is 16.6 Å². The third-order valence-corrected chi connectivity index (χ3v) is 5.17. The lowest BCUT2D eigenvalue weighted by Crippen LogP contribution is -2.53. The molecule has 118 valence electrons. The summed E-state index contributed by atoms with van der Waals surface area (Å²) in [5.41, 5.74) is 8.48. The Labute approximate surface area is 132 Å². The molecule has 22 heavy (non-hydrogen) atoms. The van der Waals surface area contributed by atoms with Crippen LogP contribution in [0.2, 0.25) is 0 Å². The smallest absolute Gasteiger partial charge is 0.266 e. The molecule has 0 radical (unpaired) electrons. The standard InChI is InChI=1S/C14H19N5O2S/c1-7-8(2)17-18-13-10(7)11(15)12(22-13)14(21)19-4-3-16-9(5-19)6-20/h9,16,20H,3-6,15H2,1-2H3. The zero-order valence-electron chi connectivity index (χ0n) is 12.6. The number of fused-ring (bicyclic) bond motifs is 1. The first-order valence-electron chi connectivity index (χ1n) is 7.18. The zero-order valence-corrected chi connectivity index (χ0v) is 13.4. The summed E-state index contributed by atoms with van der Waals surface area (Å²) in [6, 6.07) is -0.0860. The highest BCUT2D eigenvalue weighted by Crippen LogP contribution is 2.35. The average molecular weight is 321 g/mol. The van der Waals surface area contributed by atoms with Crippen LogP contribution >= 0.6 is 11.3 Å². The number of anilines is 1. The predicted molar refractivity (Wildman–Crippen MR) is 86.1 cm³/mol. The molecule has 0 aromatic carbocycles. The molecule has 7 nitrogen and oxygen atoms in total. The van der Waals surface area contributed by atoms with Crippen LogP contribution in [0.4, 0.5) is 5.69 Å². The van der Waals surface area contributed by atoms with E-state index in [9.17, 15) is 9.90 Å². The first-order valence-corrected chi connectivity index (χ1v) is 8.00. The van der Waals surface area contributed by atoms with Crippen LogP contribution in [0.15, 0.2) is 0 Å². The molecule has 0 aliphatic carbocycles. The van der Waals surface area contributed by atoms with E-state index in [1.165, 1.54) is 11.3 Å². The molecule has 1 unspecified atom stereocenters. The van der Waals surface area contributed by atoms with Crippen molar-refractivity contribution in [2.45, 2.75) is 19.9 Å². The van der Waals surface area contributed by atoms with Crippen LogP contribution < -0.4 is 11.1 Å². The second kappa shape index (κ2) is 5.79. The second-order valence-corrected chi connectivity index (χ2v) is 6.52. The topological polar surface area (TPSA) is 104 Å². The van der Waals surface area contributed by atoms with Gasteiger partial charge in [-0.15, -0.1) is 16.4 Å². The fraction of sp³-hybridized carbons (Fsp3) is 0.500. The van der Waals surface area contributed by atoms with Crippen LogP contribution in [0, 0.1) is 13.8 Å². The van der Waals surface area contributed by atoms with Gasteiger partial charge in [-0.2, -0.15) is 5.10 Å². The van der Waals surface area contributed by atoms with Gasteiger partial charge < -0.3 is 21.1 Å². The minimum Gasteiger partial charge on any atom is -0.397 e. The van der Waals surface area contributed by atoms with Crippen molar-refractivity contribution in [3.63, 3.8) is 0 Å². The first-order chi connectivity index (χ1) is 10.5. The Balaban J connectivity index is 1.98. The fourth-order valence-electron chi connectivity index (χ4n) is 2.68. The Bertz CT molecular complexity index is 730. The van der Waals surface area contributed by atoms with E-state index in [4.69, 9.17) is 5.73 Å². The Morgan fingerprint density at radius 2 is 2.27 bits per heavy atom. The number of nitrogen functional groups attached to an aromatic ring is 1. The molecule has 2 aromatic rings. The molecule has 1 saturated heterocycles. The van der Waals surface area contributed by atoms with Gasteiger partial charge in [0.05, 0.1) is 18.0 Å². The van der Waals surface area contributed by atoms with E-state index >= 15 is 0 Å². The molecular weight excluding hydrogens is 302 g/mol. The van der Waals surface area contributed by atoms with Crippen molar-refractivity contribution in [1.82, 2.24) is 20.4 Å². The number of nitrogens with one attached hydrogen (secondary N) is 1. The maximum Gasteiger partial charge on any atom is 0.266 e. The van der Waals surface area contributed by atoms with E-state index in [-0.39, 0.29) is 18.6 Å². The summed E-state index contributed by atoms with van der Waals surface area (Å²) in [4.78, 5) is 15.7. The molecule has 0 spiro atoms. The van der Waals surface area contributed by atoms with Crippen LogP contribution in [0.1, 0.15) is 20.9 Å². The molecule has 0 saturated carbocycles. The Morgan fingerprint density at radius 1 is 1.50 bits per heavy atom. The quantitative estimate of drug-likeness (QED) is 0.735. The number of aromatic nitrogens is 2. The Hall–Kier alpha value is -1.77. The van der Waals surface area contributed by atoms with Gasteiger partial charge in [0.25, 0.3) is 5.91 Å². The van der Waals surface area contributed by atoms with Crippen molar-refractivity contribution in [1.29, 1.82) is 0 Å². The molecule has 8 heteroatoms. The Kier molecular flexibility index (Phi) is 3.98. The minimum absolute atomic E-state index is 0.00938. The molecule has 1 amide bonds. The summed E-state index contributed by atoms with van der Waals surface area (Å²) in [6.07, 6.45) is 0. The highest BCUT2D eigenvalue weighted by molar-refractivity contribution is 7.21. The van der Waals surface area contributed by atoms with Gasteiger partial charge in [-0.05, 0) is 19.4 Å². The van der Waals surface area contributed by atoms with Crippen molar-refractivity contribution < 1.29 is 9.90 Å². The lowest BCUT2D eigenvalue weighted by atomic mass is 10.1. The zero-order chi connectivity index (χ0) is 15.9. The number of rotatable bonds is 2. The molecule has 1 aliphatic rings. The number of thiophene rings is 1. The number of aliphatic hydroxyl groups is 1. The highest BCUT2D eigenvalue weighted by atomic mass is 32.1. The number of aryl methyl sites for hydroxylation is 2. The lowest BCUT2D eigenvalue weighted by molar-refractivity contribution is 0.0677. The lowest BCUT2D eigenvalue weighted by Gasteiger charge is -2.32. The largest absolute Gasteiger partial charge is 0.397 e. The summed E-state index contributed by atoms with van der Waals surface area (Å²) in [6.45, 7) is 5.58. The molecule has 4 N–H and O–H groups in total. The molecule has 0 bridgehead atoms. The number of carbonyl (C=O) groups is 1. The summed E-state index contributed by atoms with van der Waals surface area (Å²) in [7, 11) is 0. The minimum atomic E-state index is -0.0995.